The Bertz CT molecular complexity index is 169. The molecular weight excluding hydrogens is 136 g/mol. The van der Waals surface area contributed by atoms with Crippen molar-refractivity contribution in [1.29, 1.82) is 0 Å². The standard InChI is InChI=1S/C7H7.CH4O.Mg/c1-7-5-3-2-4-6-7;1-2;/h2-3,5-6H,1H3;2H,1H3;/q;;+2. The van der Waals surface area contributed by atoms with Crippen molar-refractivity contribution in [3.8, 4) is 0 Å². The van der Waals surface area contributed by atoms with Crippen LogP contribution in [0.2, 0.25) is 0 Å². The van der Waals surface area contributed by atoms with Crippen LogP contribution in [0.5, 0.6) is 0 Å². The molecule has 0 saturated carbocycles. The molecule has 0 heterocycles. The van der Waals surface area contributed by atoms with E-state index in [-0.39, 0.29) is 0 Å². The lowest BCUT2D eigenvalue weighted by Crippen LogP contribution is -1.99. The van der Waals surface area contributed by atoms with Gasteiger partial charge in [0.15, 0.2) is 0 Å². The van der Waals surface area contributed by atoms with Crippen LogP contribution in [0.3, 0.4) is 0 Å². The van der Waals surface area contributed by atoms with E-state index in [2.05, 4.69) is 31.2 Å². The van der Waals surface area contributed by atoms with Crippen LogP contribution in [0.4, 0.5) is 0 Å². The monoisotopic (exact) mass is 147 g/mol. The van der Waals surface area contributed by atoms with Crippen LogP contribution in [0.15, 0.2) is 24.3 Å². The van der Waals surface area contributed by atoms with Crippen LogP contribution in [0.1, 0.15) is 5.56 Å². The average molecular weight is 147 g/mol. The molecule has 0 aliphatic carbocycles. The Morgan fingerprint density at radius 3 is 2.20 bits per heavy atom. The average Bonchev–Trinajstić information content (AvgIpc) is 1.91. The van der Waals surface area contributed by atoms with Gasteiger partial charge >= 0.3 is 25.4 Å². The van der Waals surface area contributed by atoms with Crippen molar-refractivity contribution in [2.75, 3.05) is 7.11 Å². The van der Waals surface area contributed by atoms with Gasteiger partial charge in [-0.3, -0.25) is 0 Å². The lowest BCUT2D eigenvalue weighted by molar-refractivity contribution is 0.399. The highest BCUT2D eigenvalue weighted by Crippen LogP contribution is 1.89. The summed E-state index contributed by atoms with van der Waals surface area (Å²) in [7, 11) is 1.00. The first kappa shape index (κ1) is 9.95. The summed E-state index contributed by atoms with van der Waals surface area (Å²) in [4.78, 5) is 0. The quantitative estimate of drug-likeness (QED) is 0.527. The minimum atomic E-state index is 1.00. The molecule has 1 aromatic carbocycles. The molecule has 1 aromatic rings. The van der Waals surface area contributed by atoms with Gasteiger partial charge in [0.25, 0.3) is 0 Å². The number of aryl methyl sites for hydroxylation is 1. The highest BCUT2D eigenvalue weighted by molar-refractivity contribution is 6.32. The summed E-state index contributed by atoms with van der Waals surface area (Å²) < 4.78 is 1.37. The lowest BCUT2D eigenvalue weighted by Gasteiger charge is -1.79. The fourth-order valence-electron chi connectivity index (χ4n) is 0.712. The van der Waals surface area contributed by atoms with Crippen molar-refractivity contribution in [3.63, 3.8) is 0 Å². The fourth-order valence-corrected chi connectivity index (χ4v) is 1.17. The topological polar surface area (TPSA) is 20.2 Å². The number of hydrogen-bond donors (Lipinski definition) is 1. The van der Waals surface area contributed by atoms with Gasteiger partial charge in [-0.25, -0.2) is 0 Å². The van der Waals surface area contributed by atoms with Gasteiger partial charge in [0.2, 0.25) is 0 Å². The number of aliphatic hydroxyl groups is 1. The maximum absolute atomic E-state index is 7.00. The molecule has 0 amide bonds. The molecule has 0 atom stereocenters. The van der Waals surface area contributed by atoms with Gasteiger partial charge in [0, 0.05) is 19.2 Å². The Kier molecular flexibility index (Phi) is 5.68. The summed E-state index contributed by atoms with van der Waals surface area (Å²) in [5.74, 6) is 0. The molecule has 7 radical (unpaired) electrons. The number of benzene rings is 1. The SMILES string of the molecule is CO.Cc1ccc[c]([Mg+2])c1. The van der Waals surface area contributed by atoms with Crippen molar-refractivity contribution >= 4 is 25.4 Å². The predicted molar refractivity (Wildman–Crippen MR) is 44.7 cm³/mol. The second-order valence-corrected chi connectivity index (χ2v) is 2.81. The molecule has 49 valence electrons. The molecule has 0 spiro atoms. The Morgan fingerprint density at radius 1 is 1.30 bits per heavy atom. The lowest BCUT2D eigenvalue weighted by atomic mass is 10.2. The first-order valence-corrected chi connectivity index (χ1v) is 3.83. The summed E-state index contributed by atoms with van der Waals surface area (Å²) >= 11 is 1.92. The normalized spacial score (nSPS) is 8.00. The van der Waals surface area contributed by atoms with Crippen LogP contribution in [0, 0.1) is 6.92 Å². The van der Waals surface area contributed by atoms with E-state index in [9.17, 15) is 0 Å². The predicted octanol–water partition coefficient (Wildman–Crippen LogP) is 0.397. The highest BCUT2D eigenvalue weighted by atomic mass is 24.4. The van der Waals surface area contributed by atoms with E-state index in [4.69, 9.17) is 5.11 Å². The molecule has 0 saturated heterocycles. The summed E-state index contributed by atoms with van der Waals surface area (Å²) in [6.45, 7) is 2.11. The zero-order valence-corrected chi connectivity index (χ0v) is 7.88. The van der Waals surface area contributed by atoms with Crippen molar-refractivity contribution in [2.24, 2.45) is 0 Å². The van der Waals surface area contributed by atoms with Crippen LogP contribution in [-0.4, -0.2) is 33.9 Å². The van der Waals surface area contributed by atoms with E-state index in [0.29, 0.717) is 0 Å². The number of hydrogen-bond acceptors (Lipinski definition) is 1. The maximum atomic E-state index is 7.00. The summed E-state index contributed by atoms with van der Waals surface area (Å²) in [6, 6.07) is 8.49. The maximum Gasteiger partial charge on any atom is 1.47 e. The molecule has 1 nitrogen and oxygen atoms in total. The molecule has 1 rings (SSSR count). The van der Waals surface area contributed by atoms with Gasteiger partial charge in [0.05, 0.1) is 0 Å². The van der Waals surface area contributed by atoms with Crippen LogP contribution >= 0.6 is 0 Å². The second-order valence-electron chi connectivity index (χ2n) is 1.99. The third-order valence-corrected chi connectivity index (χ3v) is 1.52. The molecular formula is C8H11MgO+2. The molecule has 2 heteroatoms. The Balaban J connectivity index is 0.000000371. The molecule has 0 aromatic heterocycles. The molecule has 0 bridgehead atoms. The van der Waals surface area contributed by atoms with Gasteiger partial charge in [0.1, 0.15) is 0 Å². The first-order chi connectivity index (χ1) is 4.79. The molecule has 0 aliphatic rings. The van der Waals surface area contributed by atoms with E-state index >= 15 is 0 Å². The zero-order chi connectivity index (χ0) is 7.98. The van der Waals surface area contributed by atoms with Gasteiger partial charge in [-0.1, -0.05) is 12.1 Å². The van der Waals surface area contributed by atoms with Gasteiger partial charge in [-0.15, -0.1) is 0 Å². The van der Waals surface area contributed by atoms with Crippen LogP contribution in [-0.2, 0) is 0 Å². The molecule has 1 N–H and O–H groups in total. The molecule has 0 fully saturated rings. The third kappa shape index (κ3) is 3.88. The Morgan fingerprint density at radius 2 is 1.90 bits per heavy atom. The number of rotatable bonds is 0. The van der Waals surface area contributed by atoms with Gasteiger partial charge in [-0.2, -0.15) is 0 Å². The minimum Gasteiger partial charge on any atom is -0.400 e. The van der Waals surface area contributed by atoms with E-state index < -0.39 is 0 Å². The smallest absolute Gasteiger partial charge is 0.400 e. The first-order valence-electron chi connectivity index (χ1n) is 3.12. The van der Waals surface area contributed by atoms with Crippen LogP contribution < -0.4 is 3.69 Å². The van der Waals surface area contributed by atoms with E-state index in [1.807, 2.05) is 21.7 Å². The third-order valence-electron chi connectivity index (χ3n) is 1.08. The van der Waals surface area contributed by atoms with Crippen LogP contribution in [0.25, 0.3) is 0 Å². The van der Waals surface area contributed by atoms with Crippen molar-refractivity contribution < 1.29 is 5.11 Å². The summed E-state index contributed by atoms with van der Waals surface area (Å²) in [5.41, 5.74) is 1.34. The molecule has 0 aliphatic heterocycles. The minimum absolute atomic E-state index is 1.00. The Hall–Kier alpha value is -0.0538. The highest BCUT2D eigenvalue weighted by Gasteiger charge is 2.29. The van der Waals surface area contributed by atoms with Gasteiger partial charge < -0.3 is 5.11 Å². The van der Waals surface area contributed by atoms with Crippen molar-refractivity contribution in [3.05, 3.63) is 29.8 Å². The van der Waals surface area contributed by atoms with Crippen molar-refractivity contribution in [1.82, 2.24) is 0 Å². The van der Waals surface area contributed by atoms with E-state index in [0.717, 1.165) is 7.11 Å². The van der Waals surface area contributed by atoms with E-state index in [1.54, 1.807) is 0 Å². The summed E-state index contributed by atoms with van der Waals surface area (Å²) in [6.07, 6.45) is 0. The largest absolute Gasteiger partial charge is 1.47 e. The van der Waals surface area contributed by atoms with E-state index in [1.165, 1.54) is 9.26 Å². The number of aliphatic hydroxyl groups excluding tert-OH is 1. The second kappa shape index (κ2) is 5.71. The summed E-state index contributed by atoms with van der Waals surface area (Å²) in [5, 5.41) is 7.00. The fraction of sp³-hybridized carbons (Fsp3) is 0.250. The van der Waals surface area contributed by atoms with Gasteiger partial charge in [-0.05, 0) is 12.5 Å². The Labute approximate surface area is 74.5 Å². The van der Waals surface area contributed by atoms with Crippen molar-refractivity contribution in [2.45, 2.75) is 6.92 Å². The molecule has 10 heavy (non-hydrogen) atoms. The molecule has 0 unspecified atom stereocenters. The zero-order valence-electron chi connectivity index (χ0n) is 6.46.